The summed E-state index contributed by atoms with van der Waals surface area (Å²) in [5.41, 5.74) is -0.216. The Kier molecular flexibility index (Phi) is 4.57. The van der Waals surface area contributed by atoms with Crippen LogP contribution in [0.2, 0.25) is 5.02 Å². The number of aromatic nitrogens is 1. The van der Waals surface area contributed by atoms with Gasteiger partial charge in [0.1, 0.15) is 18.2 Å². The molecule has 0 saturated heterocycles. The smallest absolute Gasteiger partial charge is 0.416 e. The van der Waals surface area contributed by atoms with Crippen LogP contribution in [0.5, 0.6) is 5.75 Å². The van der Waals surface area contributed by atoms with Crippen molar-refractivity contribution in [3.8, 4) is 5.75 Å². The lowest BCUT2D eigenvalue weighted by atomic mass is 10.2. The number of ether oxygens (including phenoxy) is 1. The van der Waals surface area contributed by atoms with Crippen molar-refractivity contribution in [1.29, 1.82) is 0 Å². The maximum atomic E-state index is 12.4. The Labute approximate surface area is 124 Å². The molecule has 0 aliphatic heterocycles. The first-order chi connectivity index (χ1) is 9.90. The van der Waals surface area contributed by atoms with E-state index in [1.807, 2.05) is 0 Å². The van der Waals surface area contributed by atoms with Gasteiger partial charge in [0.15, 0.2) is 0 Å². The first-order valence-corrected chi connectivity index (χ1v) is 6.41. The number of alkyl halides is 3. The largest absolute Gasteiger partial charge is 0.487 e. The van der Waals surface area contributed by atoms with Gasteiger partial charge in [0, 0.05) is 7.05 Å². The molecule has 0 amide bonds. The molecule has 0 saturated carbocycles. The van der Waals surface area contributed by atoms with Gasteiger partial charge in [0.05, 0.1) is 16.3 Å². The van der Waals surface area contributed by atoms with Gasteiger partial charge in [-0.2, -0.15) is 13.2 Å². The maximum absolute atomic E-state index is 12.4. The third-order valence-corrected chi connectivity index (χ3v) is 3.08. The maximum Gasteiger partial charge on any atom is 0.416 e. The lowest BCUT2D eigenvalue weighted by Crippen LogP contribution is -2.05. The molecule has 2 rings (SSSR count). The molecule has 1 heterocycles. The van der Waals surface area contributed by atoms with Crippen molar-refractivity contribution in [2.75, 3.05) is 12.4 Å². The van der Waals surface area contributed by atoms with E-state index in [1.54, 1.807) is 19.2 Å². The van der Waals surface area contributed by atoms with Crippen molar-refractivity contribution in [2.45, 2.75) is 12.8 Å². The number of halogens is 4. The number of rotatable bonds is 4. The molecule has 21 heavy (non-hydrogen) atoms. The molecular weight excluding hydrogens is 305 g/mol. The van der Waals surface area contributed by atoms with Crippen molar-refractivity contribution in [2.24, 2.45) is 0 Å². The second kappa shape index (κ2) is 6.22. The van der Waals surface area contributed by atoms with Crippen LogP contribution in [0, 0.1) is 0 Å². The zero-order chi connectivity index (χ0) is 15.5. The SMILES string of the molecule is CNc1ccc(Cl)c(COc2ccc(C(F)(F)F)cc2)n1. The minimum Gasteiger partial charge on any atom is -0.487 e. The highest BCUT2D eigenvalue weighted by Gasteiger charge is 2.30. The summed E-state index contributed by atoms with van der Waals surface area (Å²) in [5.74, 6) is 0.946. The van der Waals surface area contributed by atoms with Crippen LogP contribution in [0.4, 0.5) is 19.0 Å². The van der Waals surface area contributed by atoms with Crippen LogP contribution >= 0.6 is 11.6 Å². The van der Waals surface area contributed by atoms with E-state index in [4.69, 9.17) is 16.3 Å². The minimum atomic E-state index is -4.36. The van der Waals surface area contributed by atoms with Crippen LogP contribution in [0.25, 0.3) is 0 Å². The summed E-state index contributed by atoms with van der Waals surface area (Å²) in [5, 5.41) is 3.30. The molecule has 1 aromatic carbocycles. The molecule has 0 aliphatic carbocycles. The number of pyridine rings is 1. The van der Waals surface area contributed by atoms with E-state index >= 15 is 0 Å². The highest BCUT2D eigenvalue weighted by atomic mass is 35.5. The van der Waals surface area contributed by atoms with Crippen LogP contribution < -0.4 is 10.1 Å². The standard InChI is InChI=1S/C14H12ClF3N2O/c1-19-13-7-6-11(15)12(20-13)8-21-10-4-2-9(3-5-10)14(16,17)18/h2-7H,8H2,1H3,(H,19,20). The van der Waals surface area contributed by atoms with Gasteiger partial charge in [-0.15, -0.1) is 0 Å². The molecule has 0 bridgehead atoms. The zero-order valence-corrected chi connectivity index (χ0v) is 11.8. The average molecular weight is 317 g/mol. The molecule has 3 nitrogen and oxygen atoms in total. The zero-order valence-electron chi connectivity index (χ0n) is 11.0. The molecule has 0 radical (unpaired) electrons. The van der Waals surface area contributed by atoms with E-state index in [0.29, 0.717) is 22.3 Å². The van der Waals surface area contributed by atoms with Gasteiger partial charge < -0.3 is 10.1 Å². The highest BCUT2D eigenvalue weighted by Crippen LogP contribution is 2.30. The lowest BCUT2D eigenvalue weighted by molar-refractivity contribution is -0.137. The van der Waals surface area contributed by atoms with Crippen LogP contribution in [-0.2, 0) is 12.8 Å². The molecule has 1 aromatic heterocycles. The third kappa shape index (κ3) is 4.01. The van der Waals surface area contributed by atoms with Crippen molar-refractivity contribution < 1.29 is 17.9 Å². The number of hydrogen-bond donors (Lipinski definition) is 1. The van der Waals surface area contributed by atoms with Crippen LogP contribution in [0.1, 0.15) is 11.3 Å². The van der Waals surface area contributed by atoms with Gasteiger partial charge in [0.25, 0.3) is 0 Å². The predicted molar refractivity (Wildman–Crippen MR) is 74.6 cm³/mol. The molecule has 0 atom stereocenters. The van der Waals surface area contributed by atoms with Crippen molar-refractivity contribution in [3.05, 3.63) is 52.7 Å². The summed E-state index contributed by atoms with van der Waals surface area (Å²) in [6, 6.07) is 7.84. The number of nitrogens with zero attached hydrogens (tertiary/aromatic N) is 1. The number of nitrogens with one attached hydrogen (secondary N) is 1. The van der Waals surface area contributed by atoms with Crippen LogP contribution in [-0.4, -0.2) is 12.0 Å². The fraction of sp³-hybridized carbons (Fsp3) is 0.214. The Morgan fingerprint density at radius 3 is 2.38 bits per heavy atom. The van der Waals surface area contributed by atoms with Gasteiger partial charge in [0.2, 0.25) is 0 Å². The normalized spacial score (nSPS) is 11.3. The Bertz CT molecular complexity index is 615. The molecule has 112 valence electrons. The predicted octanol–water partition coefficient (Wildman–Crippen LogP) is 4.37. The number of hydrogen-bond acceptors (Lipinski definition) is 3. The summed E-state index contributed by atoms with van der Waals surface area (Å²) in [7, 11) is 1.72. The molecule has 0 fully saturated rings. The second-order valence-corrected chi connectivity index (χ2v) is 4.59. The van der Waals surface area contributed by atoms with Gasteiger partial charge in [-0.3, -0.25) is 0 Å². The summed E-state index contributed by atoms with van der Waals surface area (Å²) < 4.78 is 42.7. The van der Waals surface area contributed by atoms with Crippen molar-refractivity contribution >= 4 is 17.4 Å². The molecule has 0 unspecified atom stereocenters. The first kappa shape index (κ1) is 15.4. The molecular formula is C14H12ClF3N2O. The van der Waals surface area contributed by atoms with E-state index in [-0.39, 0.29) is 6.61 Å². The lowest BCUT2D eigenvalue weighted by Gasteiger charge is -2.10. The molecule has 7 heteroatoms. The summed E-state index contributed by atoms with van der Waals surface area (Å²) in [4.78, 5) is 4.21. The van der Waals surface area contributed by atoms with Gasteiger partial charge in [-0.25, -0.2) is 4.98 Å². The quantitative estimate of drug-likeness (QED) is 0.909. The van der Waals surface area contributed by atoms with Gasteiger partial charge in [-0.1, -0.05) is 11.6 Å². The monoisotopic (exact) mass is 316 g/mol. The van der Waals surface area contributed by atoms with Crippen LogP contribution in [0.3, 0.4) is 0 Å². The molecule has 2 aromatic rings. The summed E-state index contributed by atoms with van der Waals surface area (Å²) in [6.45, 7) is 0.0692. The summed E-state index contributed by atoms with van der Waals surface area (Å²) >= 11 is 5.99. The fourth-order valence-corrected chi connectivity index (χ4v) is 1.78. The van der Waals surface area contributed by atoms with Crippen LogP contribution in [0.15, 0.2) is 36.4 Å². The average Bonchev–Trinajstić information content (AvgIpc) is 2.46. The first-order valence-electron chi connectivity index (χ1n) is 6.03. The fourth-order valence-electron chi connectivity index (χ4n) is 1.62. The summed E-state index contributed by atoms with van der Waals surface area (Å²) in [6.07, 6.45) is -4.36. The van der Waals surface area contributed by atoms with Crippen molar-refractivity contribution in [1.82, 2.24) is 4.98 Å². The van der Waals surface area contributed by atoms with E-state index < -0.39 is 11.7 Å². The molecule has 1 N–H and O–H groups in total. The minimum absolute atomic E-state index is 0.0692. The van der Waals surface area contributed by atoms with E-state index in [9.17, 15) is 13.2 Å². The highest BCUT2D eigenvalue weighted by molar-refractivity contribution is 6.31. The number of anilines is 1. The molecule has 0 spiro atoms. The topological polar surface area (TPSA) is 34.1 Å². The molecule has 0 aliphatic rings. The number of benzene rings is 1. The van der Waals surface area contributed by atoms with Gasteiger partial charge in [-0.05, 0) is 36.4 Å². The van der Waals surface area contributed by atoms with Gasteiger partial charge >= 0.3 is 6.18 Å². The Morgan fingerprint density at radius 1 is 1.14 bits per heavy atom. The van der Waals surface area contributed by atoms with E-state index in [1.165, 1.54) is 12.1 Å². The van der Waals surface area contributed by atoms with E-state index in [2.05, 4.69) is 10.3 Å². The van der Waals surface area contributed by atoms with E-state index in [0.717, 1.165) is 12.1 Å². The Hall–Kier alpha value is -1.95. The Balaban J connectivity index is 2.06. The Morgan fingerprint density at radius 2 is 1.81 bits per heavy atom. The van der Waals surface area contributed by atoms with Crippen molar-refractivity contribution in [3.63, 3.8) is 0 Å². The third-order valence-electron chi connectivity index (χ3n) is 2.73. The second-order valence-electron chi connectivity index (χ2n) is 4.19.